The number of halogens is 1. The van der Waals surface area contributed by atoms with Gasteiger partial charge in [-0.15, -0.1) is 0 Å². The predicted molar refractivity (Wildman–Crippen MR) is 138 cm³/mol. The van der Waals surface area contributed by atoms with Gasteiger partial charge in [0.05, 0.1) is 22.2 Å². The van der Waals surface area contributed by atoms with Gasteiger partial charge in [0.2, 0.25) is 0 Å². The molecule has 0 saturated heterocycles. The van der Waals surface area contributed by atoms with Crippen LogP contribution >= 0.6 is 11.6 Å². The number of aromatic nitrogens is 3. The van der Waals surface area contributed by atoms with Crippen LogP contribution in [0.1, 0.15) is 13.8 Å². The standard InChI is InChI=1S/C26H24ClN5O4/c1-26(2,34)25(33)28-10-12-32-11-8-19-23(32)24(30-15-29-19)31-16-6-7-22(18(27)14-16)36-21-5-3-4-20-17(21)9-13-35-20/h3-9,11,13-15,34H,10,12H2,1-2H3,(H,28,33)(H,29,30,31). The Bertz CT molecular complexity index is 1550. The van der Waals surface area contributed by atoms with Crippen molar-refractivity contribution < 1.29 is 19.1 Å². The van der Waals surface area contributed by atoms with Crippen molar-refractivity contribution in [2.45, 2.75) is 26.0 Å². The van der Waals surface area contributed by atoms with Gasteiger partial charge in [-0.2, -0.15) is 0 Å². The van der Waals surface area contributed by atoms with Crippen molar-refractivity contribution in [3.8, 4) is 11.5 Å². The first kappa shape index (κ1) is 23.7. The molecular weight excluding hydrogens is 482 g/mol. The van der Waals surface area contributed by atoms with Crippen LogP contribution in [0.25, 0.3) is 22.0 Å². The van der Waals surface area contributed by atoms with Crippen molar-refractivity contribution in [3.63, 3.8) is 0 Å². The summed E-state index contributed by atoms with van der Waals surface area (Å²) < 4.78 is 13.4. The summed E-state index contributed by atoms with van der Waals surface area (Å²) in [6.07, 6.45) is 4.97. The third-order valence-corrected chi connectivity index (χ3v) is 5.91. The van der Waals surface area contributed by atoms with E-state index in [-0.39, 0.29) is 0 Å². The maximum atomic E-state index is 12.0. The maximum Gasteiger partial charge on any atom is 0.251 e. The summed E-state index contributed by atoms with van der Waals surface area (Å²) in [5.41, 5.74) is 1.54. The number of hydrogen-bond donors (Lipinski definition) is 3. The first-order chi connectivity index (χ1) is 17.3. The largest absolute Gasteiger partial charge is 0.464 e. The number of nitrogens with zero attached hydrogens (tertiary/aromatic N) is 3. The molecule has 0 spiro atoms. The first-order valence-corrected chi connectivity index (χ1v) is 11.7. The van der Waals surface area contributed by atoms with Crippen LogP contribution in [0, 0.1) is 0 Å². The highest BCUT2D eigenvalue weighted by molar-refractivity contribution is 6.32. The quantitative estimate of drug-likeness (QED) is 0.264. The third kappa shape index (κ3) is 4.84. The molecule has 1 amide bonds. The maximum absolute atomic E-state index is 12.0. The Kier molecular flexibility index (Phi) is 6.26. The predicted octanol–water partition coefficient (Wildman–Crippen LogP) is 5.25. The number of furan rings is 1. The smallest absolute Gasteiger partial charge is 0.251 e. The van der Waals surface area contributed by atoms with Gasteiger partial charge in [-0.3, -0.25) is 4.79 Å². The molecule has 0 unspecified atom stereocenters. The second-order valence-electron chi connectivity index (χ2n) is 8.74. The molecule has 0 aliphatic rings. The van der Waals surface area contributed by atoms with E-state index in [9.17, 15) is 9.90 Å². The highest BCUT2D eigenvalue weighted by atomic mass is 35.5. The Hall–Kier alpha value is -4.08. The van der Waals surface area contributed by atoms with Crippen LogP contribution in [-0.2, 0) is 11.3 Å². The normalized spacial score (nSPS) is 11.7. The summed E-state index contributed by atoms with van der Waals surface area (Å²) >= 11 is 6.55. The van der Waals surface area contributed by atoms with Crippen molar-refractivity contribution >= 4 is 51.0 Å². The highest BCUT2D eigenvalue weighted by Crippen LogP contribution is 2.36. The molecule has 3 aromatic heterocycles. The minimum Gasteiger partial charge on any atom is -0.464 e. The molecule has 0 aliphatic heterocycles. The van der Waals surface area contributed by atoms with Gasteiger partial charge in [0.25, 0.3) is 5.91 Å². The van der Waals surface area contributed by atoms with Crippen LogP contribution < -0.4 is 15.4 Å². The molecule has 10 heteroatoms. The molecule has 0 fully saturated rings. The van der Waals surface area contributed by atoms with Crippen LogP contribution in [-0.4, -0.2) is 37.7 Å². The Morgan fingerprint density at radius 1 is 1.17 bits per heavy atom. The van der Waals surface area contributed by atoms with E-state index in [1.54, 1.807) is 18.4 Å². The number of amides is 1. The lowest BCUT2D eigenvalue weighted by atomic mass is 10.1. The number of anilines is 2. The van der Waals surface area contributed by atoms with Gasteiger partial charge >= 0.3 is 0 Å². The Balaban J connectivity index is 1.34. The number of carbonyl (C=O) groups excluding carboxylic acids is 1. The molecular formula is C26H24ClN5O4. The van der Waals surface area contributed by atoms with Gasteiger partial charge in [0.15, 0.2) is 5.82 Å². The van der Waals surface area contributed by atoms with Crippen molar-refractivity contribution in [2.75, 3.05) is 11.9 Å². The monoisotopic (exact) mass is 505 g/mol. The van der Waals surface area contributed by atoms with Gasteiger partial charge in [-0.25, -0.2) is 9.97 Å². The van der Waals surface area contributed by atoms with Crippen LogP contribution in [0.5, 0.6) is 11.5 Å². The number of fused-ring (bicyclic) bond motifs is 2. The average Bonchev–Trinajstić information content (AvgIpc) is 3.48. The van der Waals surface area contributed by atoms with Gasteiger partial charge in [-0.05, 0) is 56.3 Å². The summed E-state index contributed by atoms with van der Waals surface area (Å²) in [4.78, 5) is 20.7. The molecule has 2 aromatic carbocycles. The van der Waals surface area contributed by atoms with E-state index >= 15 is 0 Å². The number of nitrogens with one attached hydrogen (secondary N) is 2. The van der Waals surface area contributed by atoms with Crippen molar-refractivity contribution in [2.24, 2.45) is 0 Å². The van der Waals surface area contributed by atoms with Gasteiger partial charge in [0.1, 0.15) is 34.5 Å². The lowest BCUT2D eigenvalue weighted by Gasteiger charge is -2.17. The van der Waals surface area contributed by atoms with Crippen LogP contribution in [0.3, 0.4) is 0 Å². The first-order valence-electron chi connectivity index (χ1n) is 11.3. The fourth-order valence-electron chi connectivity index (χ4n) is 3.79. The average molecular weight is 506 g/mol. The van der Waals surface area contributed by atoms with Crippen molar-refractivity contribution in [1.29, 1.82) is 0 Å². The second-order valence-corrected chi connectivity index (χ2v) is 9.15. The summed E-state index contributed by atoms with van der Waals surface area (Å²) in [6, 6.07) is 14.7. The molecule has 0 atom stereocenters. The zero-order valence-corrected chi connectivity index (χ0v) is 20.4. The van der Waals surface area contributed by atoms with E-state index in [0.29, 0.717) is 35.4 Å². The highest BCUT2D eigenvalue weighted by Gasteiger charge is 2.23. The topological polar surface area (TPSA) is 114 Å². The number of ether oxygens (including phenoxy) is 1. The van der Waals surface area contributed by atoms with E-state index in [2.05, 4.69) is 20.6 Å². The number of benzene rings is 2. The number of rotatable bonds is 8. The number of carbonyl (C=O) groups is 1. The van der Waals surface area contributed by atoms with Crippen LogP contribution in [0.15, 0.2) is 71.7 Å². The molecule has 9 nitrogen and oxygen atoms in total. The van der Waals surface area contributed by atoms with Crippen molar-refractivity contribution in [3.05, 3.63) is 72.3 Å². The van der Waals surface area contributed by atoms with E-state index in [1.807, 2.05) is 47.2 Å². The molecule has 5 rings (SSSR count). The minimum absolute atomic E-state index is 0.336. The minimum atomic E-state index is -1.44. The molecule has 0 aliphatic carbocycles. The molecule has 184 valence electrons. The van der Waals surface area contributed by atoms with E-state index in [0.717, 1.165) is 27.7 Å². The van der Waals surface area contributed by atoms with E-state index in [4.69, 9.17) is 20.8 Å². The Labute approximate surface area is 211 Å². The fraction of sp³-hybridized carbons (Fsp3) is 0.192. The van der Waals surface area contributed by atoms with Gasteiger partial charge < -0.3 is 29.5 Å². The van der Waals surface area contributed by atoms with Crippen LogP contribution in [0.4, 0.5) is 11.5 Å². The summed E-state index contributed by atoms with van der Waals surface area (Å²) in [5, 5.41) is 17.1. The SMILES string of the molecule is CC(C)(O)C(=O)NCCn1ccc2ncnc(Nc3ccc(Oc4cccc5occc45)c(Cl)c3)c21. The lowest BCUT2D eigenvalue weighted by Crippen LogP contribution is -2.43. The van der Waals surface area contributed by atoms with Gasteiger partial charge in [0, 0.05) is 25.0 Å². The van der Waals surface area contributed by atoms with Crippen molar-refractivity contribution in [1.82, 2.24) is 19.9 Å². The lowest BCUT2D eigenvalue weighted by molar-refractivity contribution is -0.136. The Morgan fingerprint density at radius 2 is 2.03 bits per heavy atom. The third-order valence-electron chi connectivity index (χ3n) is 5.61. The van der Waals surface area contributed by atoms with E-state index < -0.39 is 11.5 Å². The van der Waals surface area contributed by atoms with Gasteiger partial charge in [-0.1, -0.05) is 17.7 Å². The summed E-state index contributed by atoms with van der Waals surface area (Å²) in [6.45, 7) is 3.70. The molecule has 3 N–H and O–H groups in total. The molecule has 0 saturated carbocycles. The van der Waals surface area contributed by atoms with E-state index in [1.165, 1.54) is 20.2 Å². The summed E-state index contributed by atoms with van der Waals surface area (Å²) in [5.74, 6) is 1.31. The Morgan fingerprint density at radius 3 is 2.83 bits per heavy atom. The molecule has 3 heterocycles. The molecule has 36 heavy (non-hydrogen) atoms. The van der Waals surface area contributed by atoms with Crippen LogP contribution in [0.2, 0.25) is 5.02 Å². The molecule has 5 aromatic rings. The number of aliphatic hydroxyl groups is 1. The number of hydrogen-bond acceptors (Lipinski definition) is 7. The zero-order chi connectivity index (χ0) is 25.3. The molecule has 0 bridgehead atoms. The summed E-state index contributed by atoms with van der Waals surface area (Å²) in [7, 11) is 0. The molecule has 0 radical (unpaired) electrons. The fourth-order valence-corrected chi connectivity index (χ4v) is 4.01. The second kappa shape index (κ2) is 9.52. The zero-order valence-electron chi connectivity index (χ0n) is 19.7.